The molecule has 1 heterocycles. The van der Waals surface area contributed by atoms with E-state index in [1.54, 1.807) is 0 Å². The highest BCUT2D eigenvalue weighted by atomic mass is 16.5. The molecule has 2 rings (SSSR count). The topological polar surface area (TPSA) is 30.5 Å². The summed E-state index contributed by atoms with van der Waals surface area (Å²) >= 11 is 0. The molecule has 0 spiro atoms. The van der Waals surface area contributed by atoms with Gasteiger partial charge in [0.1, 0.15) is 0 Å². The molecule has 0 aromatic heterocycles. The van der Waals surface area contributed by atoms with Gasteiger partial charge in [0.2, 0.25) is 0 Å². The van der Waals surface area contributed by atoms with Gasteiger partial charge in [-0.1, -0.05) is 27.2 Å². The Labute approximate surface area is 112 Å². The van der Waals surface area contributed by atoms with Gasteiger partial charge in [0.05, 0.1) is 12.2 Å². The number of methoxy groups -OCH3 is 1. The van der Waals surface area contributed by atoms with Crippen molar-refractivity contribution in [1.82, 2.24) is 5.32 Å². The van der Waals surface area contributed by atoms with Crippen molar-refractivity contribution in [2.45, 2.75) is 77.2 Å². The fourth-order valence-electron chi connectivity index (χ4n) is 3.41. The van der Waals surface area contributed by atoms with Crippen LogP contribution in [-0.4, -0.2) is 38.0 Å². The van der Waals surface area contributed by atoms with E-state index in [4.69, 9.17) is 9.47 Å². The van der Waals surface area contributed by atoms with Gasteiger partial charge in [0.15, 0.2) is 0 Å². The average molecular weight is 255 g/mol. The summed E-state index contributed by atoms with van der Waals surface area (Å²) in [5, 5.41) is 3.84. The van der Waals surface area contributed by atoms with Crippen LogP contribution in [0.5, 0.6) is 0 Å². The largest absolute Gasteiger partial charge is 0.381 e. The Morgan fingerprint density at radius 3 is 2.72 bits per heavy atom. The molecule has 4 unspecified atom stereocenters. The predicted octanol–water partition coefficient (Wildman–Crippen LogP) is 2.74. The molecule has 2 aliphatic rings. The number of rotatable bonds is 5. The second kappa shape index (κ2) is 5.89. The van der Waals surface area contributed by atoms with Gasteiger partial charge >= 0.3 is 0 Å². The van der Waals surface area contributed by atoms with Crippen molar-refractivity contribution < 1.29 is 9.47 Å². The second-order valence-corrected chi connectivity index (χ2v) is 6.50. The third-order valence-electron chi connectivity index (χ3n) is 4.88. The molecule has 0 radical (unpaired) electrons. The van der Waals surface area contributed by atoms with Gasteiger partial charge in [-0.3, -0.25) is 0 Å². The molecule has 3 nitrogen and oxygen atoms in total. The molecule has 4 atom stereocenters. The molecular weight excluding hydrogens is 226 g/mol. The average Bonchev–Trinajstić information content (AvgIpc) is 2.35. The SMILES string of the molecule is CCCC1CC(NC2CC(OC)C2(C)C)CCO1. The summed E-state index contributed by atoms with van der Waals surface area (Å²) in [5.74, 6) is 0. The molecule has 1 saturated heterocycles. The zero-order valence-electron chi connectivity index (χ0n) is 12.4. The lowest BCUT2D eigenvalue weighted by Crippen LogP contribution is -2.63. The number of hydrogen-bond donors (Lipinski definition) is 1. The first kappa shape index (κ1) is 14.3. The third kappa shape index (κ3) is 2.89. The maximum Gasteiger partial charge on any atom is 0.0652 e. The minimum absolute atomic E-state index is 0.271. The third-order valence-corrected chi connectivity index (χ3v) is 4.88. The van der Waals surface area contributed by atoms with Crippen molar-refractivity contribution in [2.24, 2.45) is 5.41 Å². The summed E-state index contributed by atoms with van der Waals surface area (Å²) in [5.41, 5.74) is 0.271. The fraction of sp³-hybridized carbons (Fsp3) is 1.00. The van der Waals surface area contributed by atoms with Crippen LogP contribution in [-0.2, 0) is 9.47 Å². The maximum atomic E-state index is 5.81. The summed E-state index contributed by atoms with van der Waals surface area (Å²) in [4.78, 5) is 0. The molecule has 0 aromatic rings. The van der Waals surface area contributed by atoms with Crippen molar-refractivity contribution in [3.8, 4) is 0 Å². The molecule has 0 aromatic carbocycles. The summed E-state index contributed by atoms with van der Waals surface area (Å²) in [6, 6.07) is 1.24. The molecule has 106 valence electrons. The monoisotopic (exact) mass is 255 g/mol. The normalized spacial score (nSPS) is 39.3. The molecule has 0 amide bonds. The summed E-state index contributed by atoms with van der Waals surface area (Å²) in [6.07, 6.45) is 6.80. The first-order valence-corrected chi connectivity index (χ1v) is 7.48. The predicted molar refractivity (Wildman–Crippen MR) is 73.8 cm³/mol. The Morgan fingerprint density at radius 2 is 2.11 bits per heavy atom. The number of hydrogen-bond acceptors (Lipinski definition) is 3. The van der Waals surface area contributed by atoms with E-state index in [0.29, 0.717) is 24.3 Å². The minimum Gasteiger partial charge on any atom is -0.381 e. The highest BCUT2D eigenvalue weighted by molar-refractivity contribution is 5.03. The van der Waals surface area contributed by atoms with E-state index in [-0.39, 0.29) is 5.41 Å². The van der Waals surface area contributed by atoms with Crippen LogP contribution in [0, 0.1) is 5.41 Å². The van der Waals surface area contributed by atoms with Crippen LogP contribution in [0.3, 0.4) is 0 Å². The van der Waals surface area contributed by atoms with Crippen LogP contribution in [0.25, 0.3) is 0 Å². The Balaban J connectivity index is 1.80. The van der Waals surface area contributed by atoms with E-state index < -0.39 is 0 Å². The first-order valence-electron chi connectivity index (χ1n) is 7.48. The van der Waals surface area contributed by atoms with Gasteiger partial charge in [-0.2, -0.15) is 0 Å². The highest BCUT2D eigenvalue weighted by Gasteiger charge is 2.49. The maximum absolute atomic E-state index is 5.81. The minimum atomic E-state index is 0.271. The zero-order chi connectivity index (χ0) is 13.2. The van der Waals surface area contributed by atoms with Crippen LogP contribution >= 0.6 is 0 Å². The van der Waals surface area contributed by atoms with Crippen molar-refractivity contribution >= 4 is 0 Å². The van der Waals surface area contributed by atoms with Crippen molar-refractivity contribution in [3.63, 3.8) is 0 Å². The lowest BCUT2D eigenvalue weighted by atomic mass is 9.64. The van der Waals surface area contributed by atoms with Crippen molar-refractivity contribution in [1.29, 1.82) is 0 Å². The van der Waals surface area contributed by atoms with Crippen LogP contribution < -0.4 is 5.32 Å². The molecule has 18 heavy (non-hydrogen) atoms. The highest BCUT2D eigenvalue weighted by Crippen LogP contribution is 2.43. The van der Waals surface area contributed by atoms with E-state index in [9.17, 15) is 0 Å². The second-order valence-electron chi connectivity index (χ2n) is 6.50. The molecule has 1 aliphatic carbocycles. The lowest BCUT2D eigenvalue weighted by Gasteiger charge is -2.53. The Morgan fingerprint density at radius 1 is 1.33 bits per heavy atom. The molecule has 2 fully saturated rings. The van der Waals surface area contributed by atoms with E-state index in [1.165, 1.54) is 19.3 Å². The van der Waals surface area contributed by atoms with E-state index in [2.05, 4.69) is 26.1 Å². The van der Waals surface area contributed by atoms with Gasteiger partial charge < -0.3 is 14.8 Å². The van der Waals surface area contributed by atoms with E-state index in [1.807, 2.05) is 7.11 Å². The standard InChI is InChI=1S/C15H29NO2/c1-5-6-12-9-11(7-8-18-12)16-13-10-14(17-4)15(13,2)3/h11-14,16H,5-10H2,1-4H3. The van der Waals surface area contributed by atoms with Crippen LogP contribution in [0.15, 0.2) is 0 Å². The van der Waals surface area contributed by atoms with Crippen molar-refractivity contribution in [2.75, 3.05) is 13.7 Å². The van der Waals surface area contributed by atoms with Crippen LogP contribution in [0.4, 0.5) is 0 Å². The van der Waals surface area contributed by atoms with Gasteiger partial charge in [-0.25, -0.2) is 0 Å². The van der Waals surface area contributed by atoms with Gasteiger partial charge in [0, 0.05) is 31.2 Å². The summed E-state index contributed by atoms with van der Waals surface area (Å²) < 4.78 is 11.3. The van der Waals surface area contributed by atoms with Gasteiger partial charge in [-0.05, 0) is 25.7 Å². The lowest BCUT2D eigenvalue weighted by molar-refractivity contribution is -0.106. The van der Waals surface area contributed by atoms with Crippen LogP contribution in [0.2, 0.25) is 0 Å². The summed E-state index contributed by atoms with van der Waals surface area (Å²) in [6.45, 7) is 7.78. The summed E-state index contributed by atoms with van der Waals surface area (Å²) in [7, 11) is 1.83. The number of ether oxygens (including phenoxy) is 2. The molecule has 0 bridgehead atoms. The first-order chi connectivity index (χ1) is 8.57. The quantitative estimate of drug-likeness (QED) is 0.819. The van der Waals surface area contributed by atoms with Gasteiger partial charge in [-0.15, -0.1) is 0 Å². The molecule has 1 aliphatic heterocycles. The Hall–Kier alpha value is -0.120. The Kier molecular flexibility index (Phi) is 4.68. The van der Waals surface area contributed by atoms with Crippen LogP contribution in [0.1, 0.15) is 52.9 Å². The van der Waals surface area contributed by atoms with E-state index >= 15 is 0 Å². The molecular formula is C15H29NO2. The van der Waals surface area contributed by atoms with Crippen molar-refractivity contribution in [3.05, 3.63) is 0 Å². The molecule has 3 heteroatoms. The van der Waals surface area contributed by atoms with E-state index in [0.717, 1.165) is 19.4 Å². The molecule has 1 saturated carbocycles. The Bertz CT molecular complexity index is 265. The zero-order valence-corrected chi connectivity index (χ0v) is 12.4. The number of nitrogens with one attached hydrogen (secondary N) is 1. The fourth-order valence-corrected chi connectivity index (χ4v) is 3.41. The van der Waals surface area contributed by atoms with Gasteiger partial charge in [0.25, 0.3) is 0 Å². The molecule has 1 N–H and O–H groups in total. The smallest absolute Gasteiger partial charge is 0.0652 e.